The van der Waals surface area contributed by atoms with Crippen LogP contribution in [-0.2, 0) is 14.8 Å². The molecule has 2 aromatic carbocycles. The molecule has 0 bridgehead atoms. The highest BCUT2D eigenvalue weighted by atomic mass is 32.2. The fourth-order valence-corrected chi connectivity index (χ4v) is 3.44. The average molecular weight is 427 g/mol. The highest BCUT2D eigenvalue weighted by molar-refractivity contribution is 7.89. The van der Waals surface area contributed by atoms with Crippen molar-refractivity contribution in [3.05, 3.63) is 77.1 Å². The number of esters is 1. The molecule has 30 heavy (non-hydrogen) atoms. The number of sulfonamides is 1. The third-order valence-corrected chi connectivity index (χ3v) is 5.42. The monoisotopic (exact) mass is 427 g/mol. The molecule has 0 aliphatic carbocycles. The first-order valence-electron chi connectivity index (χ1n) is 9.15. The Bertz CT molecular complexity index is 1170. The number of hydrogen-bond donors (Lipinski definition) is 1. The second kappa shape index (κ2) is 8.87. The molecule has 0 saturated carbocycles. The van der Waals surface area contributed by atoms with E-state index in [-0.39, 0.29) is 23.0 Å². The number of rotatable bonds is 6. The van der Waals surface area contributed by atoms with Gasteiger partial charge in [-0.05, 0) is 32.9 Å². The number of ether oxygens (including phenoxy) is 1. The van der Waals surface area contributed by atoms with Crippen LogP contribution in [0, 0.1) is 13.8 Å². The van der Waals surface area contributed by atoms with Crippen molar-refractivity contribution in [2.75, 3.05) is 6.61 Å². The number of carbonyl (C=O) groups excluding carboxylic acids is 1. The quantitative estimate of drug-likeness (QED) is 0.279. The van der Waals surface area contributed by atoms with E-state index in [1.807, 2.05) is 19.1 Å². The zero-order valence-corrected chi connectivity index (χ0v) is 17.5. The summed E-state index contributed by atoms with van der Waals surface area (Å²) in [5.41, 5.74) is 2.00. The van der Waals surface area contributed by atoms with E-state index in [0.29, 0.717) is 11.3 Å². The molecule has 0 aliphatic heterocycles. The minimum absolute atomic E-state index is 0.0302. The van der Waals surface area contributed by atoms with Crippen LogP contribution in [0.3, 0.4) is 0 Å². The molecule has 1 N–H and O–H groups in total. The lowest BCUT2D eigenvalue weighted by atomic mass is 10.1. The van der Waals surface area contributed by atoms with E-state index in [1.54, 1.807) is 44.2 Å². The zero-order valence-electron chi connectivity index (χ0n) is 16.7. The molecule has 0 aliphatic rings. The summed E-state index contributed by atoms with van der Waals surface area (Å²) >= 11 is 0. The summed E-state index contributed by atoms with van der Waals surface area (Å²) in [5, 5.41) is 12.0. The van der Waals surface area contributed by atoms with Gasteiger partial charge in [0.15, 0.2) is 11.5 Å². The van der Waals surface area contributed by atoms with E-state index < -0.39 is 16.0 Å². The molecule has 0 unspecified atom stereocenters. The molecule has 10 heteroatoms. The Balaban J connectivity index is 2.05. The van der Waals surface area contributed by atoms with Crippen molar-refractivity contribution in [2.45, 2.75) is 25.7 Å². The van der Waals surface area contributed by atoms with E-state index in [9.17, 15) is 13.2 Å². The number of aryl methyl sites for hydroxylation is 1. The number of hydrogen-bond acceptors (Lipinski definition) is 7. The van der Waals surface area contributed by atoms with Crippen molar-refractivity contribution in [3.8, 4) is 0 Å². The lowest BCUT2D eigenvalue weighted by Gasteiger charge is -2.10. The van der Waals surface area contributed by atoms with Crippen molar-refractivity contribution < 1.29 is 17.9 Å². The molecule has 3 rings (SSSR count). The molecule has 0 fully saturated rings. The maximum Gasteiger partial charge on any atom is 0.360 e. The van der Waals surface area contributed by atoms with Crippen LogP contribution in [0.2, 0.25) is 0 Å². The molecular formula is C20H21N5O4S. The first-order valence-corrected chi connectivity index (χ1v) is 10.6. The zero-order chi connectivity index (χ0) is 21.7. The summed E-state index contributed by atoms with van der Waals surface area (Å²) in [6.45, 7) is 5.44. The van der Waals surface area contributed by atoms with Crippen LogP contribution in [0.25, 0.3) is 0 Å². The highest BCUT2D eigenvalue weighted by Crippen LogP contribution is 2.13. The van der Waals surface area contributed by atoms with Gasteiger partial charge in [0.2, 0.25) is 0 Å². The van der Waals surface area contributed by atoms with Gasteiger partial charge in [-0.2, -0.15) is 17.9 Å². The van der Waals surface area contributed by atoms with Crippen molar-refractivity contribution >= 4 is 21.8 Å². The van der Waals surface area contributed by atoms with Gasteiger partial charge in [0.25, 0.3) is 10.0 Å². The van der Waals surface area contributed by atoms with Gasteiger partial charge < -0.3 is 4.74 Å². The fraction of sp³-hybridized carbons (Fsp3) is 0.200. The molecule has 1 heterocycles. The van der Waals surface area contributed by atoms with Gasteiger partial charge in [-0.15, -0.1) is 10.2 Å². The second-order valence-electron chi connectivity index (χ2n) is 6.36. The van der Waals surface area contributed by atoms with Crippen molar-refractivity contribution in [1.82, 2.24) is 19.8 Å². The number of nitrogens with one attached hydrogen (secondary N) is 1. The molecule has 3 aromatic rings. The first kappa shape index (κ1) is 21.2. The van der Waals surface area contributed by atoms with Crippen molar-refractivity contribution in [1.29, 1.82) is 0 Å². The van der Waals surface area contributed by atoms with Crippen LogP contribution in [0.5, 0.6) is 0 Å². The predicted molar refractivity (Wildman–Crippen MR) is 111 cm³/mol. The predicted octanol–water partition coefficient (Wildman–Crippen LogP) is 2.26. The SMILES string of the molecule is CCOC(=O)c1nnn(/C(=N/NS(=O)(=O)c2ccccc2)c2ccc(C)cc2)c1C. The maximum absolute atomic E-state index is 12.6. The van der Waals surface area contributed by atoms with E-state index in [0.717, 1.165) is 5.56 Å². The van der Waals surface area contributed by atoms with Crippen molar-refractivity contribution in [2.24, 2.45) is 5.10 Å². The van der Waals surface area contributed by atoms with E-state index in [2.05, 4.69) is 20.2 Å². The smallest absolute Gasteiger partial charge is 0.360 e. The van der Waals surface area contributed by atoms with Gasteiger partial charge in [0.05, 0.1) is 17.2 Å². The summed E-state index contributed by atoms with van der Waals surface area (Å²) in [7, 11) is -3.90. The van der Waals surface area contributed by atoms with Crippen LogP contribution in [0.15, 0.2) is 64.6 Å². The Morgan fingerprint density at radius 1 is 1.10 bits per heavy atom. The number of aromatic nitrogens is 3. The Kier molecular flexibility index (Phi) is 6.26. The van der Waals surface area contributed by atoms with E-state index in [4.69, 9.17) is 4.74 Å². The van der Waals surface area contributed by atoms with Crippen LogP contribution < -0.4 is 4.83 Å². The van der Waals surface area contributed by atoms with E-state index in [1.165, 1.54) is 16.8 Å². The number of nitrogens with zero attached hydrogens (tertiary/aromatic N) is 4. The third kappa shape index (κ3) is 4.54. The van der Waals surface area contributed by atoms with Crippen LogP contribution in [0.1, 0.15) is 34.2 Å². The Hall–Kier alpha value is -3.53. The Morgan fingerprint density at radius 3 is 2.40 bits per heavy atom. The molecular weight excluding hydrogens is 406 g/mol. The Labute approximate surface area is 174 Å². The van der Waals surface area contributed by atoms with Gasteiger partial charge in [0, 0.05) is 5.56 Å². The molecule has 0 spiro atoms. The minimum atomic E-state index is -3.90. The minimum Gasteiger partial charge on any atom is -0.461 e. The summed E-state index contributed by atoms with van der Waals surface area (Å²) in [6, 6.07) is 15.1. The molecule has 9 nitrogen and oxygen atoms in total. The molecule has 0 amide bonds. The summed E-state index contributed by atoms with van der Waals surface area (Å²) < 4.78 is 31.5. The standard InChI is InChI=1S/C20H21N5O4S/c1-4-29-20(26)18-15(3)25(23-21-18)19(16-12-10-14(2)11-13-16)22-24-30(27,28)17-8-6-5-7-9-17/h5-13,24H,4H2,1-3H3/b22-19+. The lowest BCUT2D eigenvalue weighted by molar-refractivity contribution is 0.0518. The maximum atomic E-state index is 12.6. The van der Waals surface area contributed by atoms with Crippen LogP contribution in [-0.4, -0.2) is 41.8 Å². The molecule has 0 saturated heterocycles. The summed E-state index contributed by atoms with van der Waals surface area (Å²) in [4.78, 5) is 14.4. The highest BCUT2D eigenvalue weighted by Gasteiger charge is 2.22. The van der Waals surface area contributed by atoms with Gasteiger partial charge in [-0.3, -0.25) is 0 Å². The van der Waals surface area contributed by atoms with Gasteiger partial charge in [-0.25, -0.2) is 4.79 Å². The van der Waals surface area contributed by atoms with Crippen LogP contribution in [0.4, 0.5) is 0 Å². The lowest BCUT2D eigenvalue weighted by Crippen LogP contribution is -2.25. The van der Waals surface area contributed by atoms with Crippen molar-refractivity contribution in [3.63, 3.8) is 0 Å². The molecule has 156 valence electrons. The van der Waals surface area contributed by atoms with E-state index >= 15 is 0 Å². The van der Waals surface area contributed by atoms with Gasteiger partial charge >= 0.3 is 5.97 Å². The van der Waals surface area contributed by atoms with Gasteiger partial charge in [0.1, 0.15) is 0 Å². The number of hydrazone groups is 1. The largest absolute Gasteiger partial charge is 0.461 e. The number of benzene rings is 2. The first-order chi connectivity index (χ1) is 14.3. The normalized spacial score (nSPS) is 11.9. The van der Waals surface area contributed by atoms with Crippen LogP contribution >= 0.6 is 0 Å². The Morgan fingerprint density at radius 2 is 1.77 bits per heavy atom. The average Bonchev–Trinajstić information content (AvgIpc) is 3.11. The van der Waals surface area contributed by atoms with Gasteiger partial charge in [-0.1, -0.05) is 53.2 Å². The molecule has 1 aromatic heterocycles. The fourth-order valence-electron chi connectivity index (χ4n) is 2.61. The summed E-state index contributed by atoms with van der Waals surface area (Å²) in [5.74, 6) is -0.454. The third-order valence-electron chi connectivity index (χ3n) is 4.20. The number of carbonyl (C=O) groups is 1. The molecule has 0 radical (unpaired) electrons. The topological polar surface area (TPSA) is 116 Å². The second-order valence-corrected chi connectivity index (χ2v) is 8.03. The molecule has 0 atom stereocenters. The summed E-state index contributed by atoms with van der Waals surface area (Å²) in [6.07, 6.45) is 0.